The summed E-state index contributed by atoms with van der Waals surface area (Å²) in [6, 6.07) is 2.80. The van der Waals surface area contributed by atoms with Crippen LogP contribution in [0.5, 0.6) is 0 Å². The van der Waals surface area contributed by atoms with Crippen molar-refractivity contribution in [1.29, 1.82) is 5.26 Å². The van der Waals surface area contributed by atoms with E-state index in [1.807, 2.05) is 0 Å². The monoisotopic (exact) mass is 228 g/mol. The topological polar surface area (TPSA) is 66.9 Å². The Labute approximate surface area is 89.6 Å². The van der Waals surface area contributed by atoms with E-state index >= 15 is 0 Å². The first-order valence-electron chi connectivity index (χ1n) is 3.56. The molecule has 0 saturated heterocycles. The summed E-state index contributed by atoms with van der Waals surface area (Å²) in [5, 5.41) is 21.2. The molecule has 0 heterocycles. The van der Waals surface area contributed by atoms with Crippen LogP contribution in [-0.2, 0) is 0 Å². The molecule has 0 aromatic heterocycles. The molecule has 1 aromatic carbocycles. The number of hydrogen-bond donors (Lipinski definition) is 0. The van der Waals surface area contributed by atoms with Gasteiger partial charge >= 0.3 is 0 Å². The summed E-state index contributed by atoms with van der Waals surface area (Å²) in [4.78, 5) is 10.3. The van der Waals surface area contributed by atoms with Crippen LogP contribution in [0, 0.1) is 27.7 Å². The maximum Gasteiger partial charge on any atom is 0.284 e. The van der Waals surface area contributed by atoms with Crippen LogP contribution in [0.4, 0.5) is 5.69 Å². The maximum absolute atomic E-state index is 10.6. The standard InChI is InChI=1S/C8H5ClN2O2S/c1-5-2-7(11(12)13)8(14-4-10)3-6(5)9/h2-3H,1H3. The summed E-state index contributed by atoms with van der Waals surface area (Å²) < 4.78 is 0. The summed E-state index contributed by atoms with van der Waals surface area (Å²) in [7, 11) is 0. The lowest BCUT2D eigenvalue weighted by Gasteiger charge is -2.01. The highest BCUT2D eigenvalue weighted by Crippen LogP contribution is 2.33. The van der Waals surface area contributed by atoms with Crippen molar-refractivity contribution in [3.63, 3.8) is 0 Å². The molecular weight excluding hydrogens is 224 g/mol. The zero-order valence-corrected chi connectivity index (χ0v) is 8.72. The van der Waals surface area contributed by atoms with Crippen LogP contribution in [0.2, 0.25) is 5.02 Å². The molecule has 0 amide bonds. The molecule has 72 valence electrons. The molecule has 0 atom stereocenters. The zero-order chi connectivity index (χ0) is 10.7. The van der Waals surface area contributed by atoms with Crippen LogP contribution in [0.3, 0.4) is 0 Å². The van der Waals surface area contributed by atoms with Crippen molar-refractivity contribution >= 4 is 29.1 Å². The van der Waals surface area contributed by atoms with Crippen LogP contribution < -0.4 is 0 Å². The first-order chi connectivity index (χ1) is 6.56. The molecular formula is C8H5ClN2O2S. The molecule has 0 saturated carbocycles. The van der Waals surface area contributed by atoms with E-state index in [0.29, 0.717) is 10.6 Å². The SMILES string of the molecule is Cc1cc([N+](=O)[O-])c(SC#N)cc1Cl. The van der Waals surface area contributed by atoms with Crippen molar-refractivity contribution in [2.24, 2.45) is 0 Å². The highest BCUT2D eigenvalue weighted by Gasteiger charge is 2.16. The average molecular weight is 229 g/mol. The third-order valence-electron chi connectivity index (χ3n) is 1.59. The van der Waals surface area contributed by atoms with E-state index in [1.54, 1.807) is 12.3 Å². The molecule has 0 unspecified atom stereocenters. The Morgan fingerprint density at radius 2 is 2.29 bits per heavy atom. The van der Waals surface area contributed by atoms with Crippen LogP contribution in [0.25, 0.3) is 0 Å². The van der Waals surface area contributed by atoms with Gasteiger partial charge in [0.1, 0.15) is 10.3 Å². The highest BCUT2D eigenvalue weighted by molar-refractivity contribution is 8.03. The summed E-state index contributed by atoms with van der Waals surface area (Å²) in [5.74, 6) is 0. The molecule has 0 aliphatic carbocycles. The molecule has 0 radical (unpaired) electrons. The van der Waals surface area contributed by atoms with Crippen LogP contribution in [-0.4, -0.2) is 4.92 Å². The van der Waals surface area contributed by atoms with Gasteiger partial charge in [0.05, 0.1) is 4.92 Å². The molecule has 0 aliphatic heterocycles. The van der Waals surface area contributed by atoms with E-state index in [1.165, 1.54) is 12.1 Å². The molecule has 4 nitrogen and oxygen atoms in total. The number of nitriles is 1. The Morgan fingerprint density at radius 1 is 1.64 bits per heavy atom. The van der Waals surface area contributed by atoms with Gasteiger partial charge in [0.25, 0.3) is 5.69 Å². The maximum atomic E-state index is 10.6. The fraction of sp³-hybridized carbons (Fsp3) is 0.125. The van der Waals surface area contributed by atoms with E-state index in [2.05, 4.69) is 0 Å². The largest absolute Gasteiger partial charge is 0.284 e. The molecule has 1 rings (SSSR count). The lowest BCUT2D eigenvalue weighted by atomic mass is 10.2. The summed E-state index contributed by atoms with van der Waals surface area (Å²) >= 11 is 6.51. The minimum atomic E-state index is -0.525. The number of benzene rings is 1. The molecule has 0 N–H and O–H groups in total. The summed E-state index contributed by atoms with van der Waals surface area (Å²) in [5.41, 5.74) is 0.541. The third kappa shape index (κ3) is 2.16. The number of halogens is 1. The van der Waals surface area contributed by atoms with Crippen molar-refractivity contribution in [3.05, 3.63) is 32.8 Å². The number of nitrogens with zero attached hydrogens (tertiary/aromatic N) is 2. The van der Waals surface area contributed by atoms with Crippen molar-refractivity contribution < 1.29 is 4.92 Å². The number of nitro benzene ring substituents is 1. The van der Waals surface area contributed by atoms with E-state index in [9.17, 15) is 10.1 Å². The van der Waals surface area contributed by atoms with Gasteiger partial charge < -0.3 is 0 Å². The minimum Gasteiger partial charge on any atom is -0.258 e. The van der Waals surface area contributed by atoms with Crippen molar-refractivity contribution in [2.45, 2.75) is 11.8 Å². The second-order valence-electron chi connectivity index (χ2n) is 2.52. The van der Waals surface area contributed by atoms with E-state index in [4.69, 9.17) is 16.9 Å². The van der Waals surface area contributed by atoms with Crippen molar-refractivity contribution in [2.75, 3.05) is 0 Å². The summed E-state index contributed by atoms with van der Waals surface area (Å²) in [6.45, 7) is 1.68. The molecule has 6 heteroatoms. The van der Waals surface area contributed by atoms with Gasteiger partial charge in [-0.3, -0.25) is 10.1 Å². The van der Waals surface area contributed by atoms with Crippen LogP contribution in [0.1, 0.15) is 5.56 Å². The highest BCUT2D eigenvalue weighted by atomic mass is 35.5. The van der Waals surface area contributed by atoms with Gasteiger partial charge in [0.2, 0.25) is 0 Å². The molecule has 0 spiro atoms. The Kier molecular flexibility index (Phi) is 3.33. The number of aryl methyl sites for hydroxylation is 1. The second-order valence-corrected chi connectivity index (χ2v) is 3.75. The van der Waals surface area contributed by atoms with Gasteiger partial charge in [0, 0.05) is 11.1 Å². The first-order valence-corrected chi connectivity index (χ1v) is 4.76. The summed E-state index contributed by atoms with van der Waals surface area (Å²) in [6.07, 6.45) is 0. The molecule has 0 fully saturated rings. The Hall–Kier alpha value is -1.25. The smallest absolute Gasteiger partial charge is 0.258 e. The lowest BCUT2D eigenvalue weighted by Crippen LogP contribution is -1.91. The molecule has 0 aliphatic rings. The van der Waals surface area contributed by atoms with E-state index in [-0.39, 0.29) is 10.6 Å². The van der Waals surface area contributed by atoms with Gasteiger partial charge in [-0.1, -0.05) is 11.6 Å². The van der Waals surface area contributed by atoms with E-state index < -0.39 is 4.92 Å². The number of thiocyanates is 1. The third-order valence-corrected chi connectivity index (χ3v) is 2.64. The van der Waals surface area contributed by atoms with Gasteiger partial charge in [-0.05, 0) is 30.3 Å². The normalized spacial score (nSPS) is 9.50. The molecule has 0 bridgehead atoms. The van der Waals surface area contributed by atoms with Crippen LogP contribution >= 0.6 is 23.4 Å². The van der Waals surface area contributed by atoms with Crippen molar-refractivity contribution in [3.8, 4) is 5.40 Å². The zero-order valence-electron chi connectivity index (χ0n) is 7.15. The van der Waals surface area contributed by atoms with Gasteiger partial charge in [-0.25, -0.2) is 0 Å². The minimum absolute atomic E-state index is 0.0848. The Balaban J connectivity index is 3.32. The van der Waals surface area contributed by atoms with Crippen LogP contribution in [0.15, 0.2) is 17.0 Å². The fourth-order valence-corrected chi connectivity index (χ4v) is 1.66. The second kappa shape index (κ2) is 4.31. The first kappa shape index (κ1) is 10.8. The average Bonchev–Trinajstić information content (AvgIpc) is 2.11. The van der Waals surface area contributed by atoms with Gasteiger partial charge in [-0.2, -0.15) is 5.26 Å². The number of nitro groups is 1. The lowest BCUT2D eigenvalue weighted by molar-refractivity contribution is -0.387. The predicted molar refractivity (Wildman–Crippen MR) is 54.3 cm³/mol. The van der Waals surface area contributed by atoms with Gasteiger partial charge in [-0.15, -0.1) is 0 Å². The van der Waals surface area contributed by atoms with E-state index in [0.717, 1.165) is 11.8 Å². The van der Waals surface area contributed by atoms with Crippen molar-refractivity contribution in [1.82, 2.24) is 0 Å². The quantitative estimate of drug-likeness (QED) is 0.338. The van der Waals surface area contributed by atoms with Gasteiger partial charge in [0.15, 0.2) is 0 Å². The Morgan fingerprint density at radius 3 is 2.79 bits per heavy atom. The molecule has 14 heavy (non-hydrogen) atoms. The fourth-order valence-electron chi connectivity index (χ4n) is 0.922. The number of rotatable bonds is 2. The molecule has 1 aromatic rings. The Bertz CT molecular complexity index is 428. The predicted octanol–water partition coefficient (Wildman–Crippen LogP) is 3.13. The number of hydrogen-bond acceptors (Lipinski definition) is 4. The number of thioether (sulfide) groups is 1.